The lowest BCUT2D eigenvalue weighted by atomic mass is 10.4. The fourth-order valence-corrected chi connectivity index (χ4v) is 0.840. The summed E-state index contributed by atoms with van der Waals surface area (Å²) in [5.41, 5.74) is 0. The number of halogens is 5. The fourth-order valence-electron chi connectivity index (χ4n) is 0.462. The first kappa shape index (κ1) is 8.62. The molecule has 1 aromatic rings. The van der Waals surface area contributed by atoms with Crippen molar-refractivity contribution in [1.82, 2.24) is 4.98 Å². The molecule has 1 rings (SSSR count). The molecule has 6 heteroatoms. The SMILES string of the molecule is Fc1c(Cl)nc(Cl)c(F)c1F. The molecule has 1 heterocycles. The standard InChI is InChI=1S/C5Cl2F3N/c6-4-2(9)1(8)3(10)5(7)11-4. The zero-order valence-corrected chi connectivity index (χ0v) is 6.35. The van der Waals surface area contributed by atoms with E-state index in [0.717, 1.165) is 0 Å². The Hall–Kier alpha value is -0.480. The Bertz CT molecular complexity index is 276. The monoisotopic (exact) mass is 201 g/mol. The van der Waals surface area contributed by atoms with E-state index in [0.29, 0.717) is 0 Å². The molecule has 0 unspecified atom stereocenters. The van der Waals surface area contributed by atoms with Gasteiger partial charge in [0.15, 0.2) is 21.9 Å². The van der Waals surface area contributed by atoms with Gasteiger partial charge in [0.05, 0.1) is 0 Å². The van der Waals surface area contributed by atoms with Crippen molar-refractivity contribution in [2.45, 2.75) is 0 Å². The minimum Gasteiger partial charge on any atom is -0.218 e. The van der Waals surface area contributed by atoms with Gasteiger partial charge in [-0.1, -0.05) is 23.2 Å². The summed E-state index contributed by atoms with van der Waals surface area (Å²) >= 11 is 10.0. The molecule has 0 saturated carbocycles. The van der Waals surface area contributed by atoms with Gasteiger partial charge in [-0.3, -0.25) is 0 Å². The molecule has 11 heavy (non-hydrogen) atoms. The van der Waals surface area contributed by atoms with Gasteiger partial charge in [0, 0.05) is 0 Å². The van der Waals surface area contributed by atoms with Crippen LogP contribution in [0, 0.1) is 17.5 Å². The van der Waals surface area contributed by atoms with Crippen LogP contribution in [0.3, 0.4) is 0 Å². The van der Waals surface area contributed by atoms with Crippen molar-refractivity contribution in [1.29, 1.82) is 0 Å². The highest BCUT2D eigenvalue weighted by Crippen LogP contribution is 2.22. The van der Waals surface area contributed by atoms with Crippen LogP contribution in [-0.4, -0.2) is 4.98 Å². The van der Waals surface area contributed by atoms with Crippen LogP contribution in [0.15, 0.2) is 0 Å². The zero-order chi connectivity index (χ0) is 8.59. The fraction of sp³-hybridized carbons (Fsp3) is 0. The topological polar surface area (TPSA) is 12.9 Å². The Labute approximate surface area is 69.8 Å². The molecule has 0 saturated heterocycles. The molecule has 0 radical (unpaired) electrons. The summed E-state index contributed by atoms with van der Waals surface area (Å²) in [5, 5.41) is -1.57. The van der Waals surface area contributed by atoms with Gasteiger partial charge >= 0.3 is 0 Å². The van der Waals surface area contributed by atoms with Crippen molar-refractivity contribution >= 4 is 23.2 Å². The quantitative estimate of drug-likeness (QED) is 0.589. The molecule has 0 bridgehead atoms. The highest BCUT2D eigenvalue weighted by molar-refractivity contribution is 6.32. The van der Waals surface area contributed by atoms with E-state index in [-0.39, 0.29) is 0 Å². The van der Waals surface area contributed by atoms with Crippen LogP contribution in [0.2, 0.25) is 10.3 Å². The second kappa shape index (κ2) is 2.87. The Morgan fingerprint density at radius 3 is 1.55 bits per heavy atom. The highest BCUT2D eigenvalue weighted by Gasteiger charge is 2.17. The summed E-state index contributed by atoms with van der Waals surface area (Å²) < 4.78 is 36.9. The van der Waals surface area contributed by atoms with Gasteiger partial charge in [0.25, 0.3) is 0 Å². The van der Waals surface area contributed by atoms with Crippen LogP contribution < -0.4 is 0 Å². The number of rotatable bonds is 0. The Kier molecular flexibility index (Phi) is 2.25. The molecule has 0 amide bonds. The molecule has 0 N–H and O–H groups in total. The molecule has 1 nitrogen and oxygen atoms in total. The molecular weight excluding hydrogens is 202 g/mol. The second-order valence-corrected chi connectivity index (χ2v) is 2.35. The van der Waals surface area contributed by atoms with E-state index in [4.69, 9.17) is 23.2 Å². The van der Waals surface area contributed by atoms with Crippen LogP contribution in [0.25, 0.3) is 0 Å². The van der Waals surface area contributed by atoms with Crippen LogP contribution in [0.5, 0.6) is 0 Å². The first-order chi connectivity index (χ1) is 5.04. The molecule has 60 valence electrons. The third-order valence-corrected chi connectivity index (χ3v) is 1.44. The van der Waals surface area contributed by atoms with Crippen LogP contribution in [0.1, 0.15) is 0 Å². The van der Waals surface area contributed by atoms with Crippen LogP contribution in [-0.2, 0) is 0 Å². The van der Waals surface area contributed by atoms with E-state index in [1.54, 1.807) is 0 Å². The third kappa shape index (κ3) is 1.41. The number of hydrogen-bond donors (Lipinski definition) is 0. The van der Waals surface area contributed by atoms with Gasteiger partial charge in [-0.05, 0) is 0 Å². The maximum atomic E-state index is 12.3. The lowest BCUT2D eigenvalue weighted by Crippen LogP contribution is -1.95. The zero-order valence-electron chi connectivity index (χ0n) is 4.84. The first-order valence-corrected chi connectivity index (χ1v) is 3.15. The van der Waals surface area contributed by atoms with Gasteiger partial charge in [0.1, 0.15) is 0 Å². The minimum atomic E-state index is -1.71. The molecule has 0 aliphatic rings. The Morgan fingerprint density at radius 2 is 1.18 bits per heavy atom. The summed E-state index contributed by atoms with van der Waals surface area (Å²) in [4.78, 5) is 2.97. The van der Waals surface area contributed by atoms with E-state index in [2.05, 4.69) is 4.98 Å². The lowest BCUT2D eigenvalue weighted by molar-refractivity contribution is 0.441. The molecule has 1 aromatic heterocycles. The molecular formula is C5Cl2F3N. The average molecular weight is 202 g/mol. The molecule has 0 atom stereocenters. The first-order valence-electron chi connectivity index (χ1n) is 2.39. The number of pyridine rings is 1. The molecule has 0 aliphatic heterocycles. The molecule has 0 aliphatic carbocycles. The highest BCUT2D eigenvalue weighted by atomic mass is 35.5. The largest absolute Gasteiger partial charge is 0.218 e. The molecule has 0 fully saturated rings. The van der Waals surface area contributed by atoms with Crippen molar-refractivity contribution in [3.05, 3.63) is 27.8 Å². The average Bonchev–Trinajstić information content (AvgIpc) is 1.97. The van der Waals surface area contributed by atoms with Crippen molar-refractivity contribution in [3.63, 3.8) is 0 Å². The van der Waals surface area contributed by atoms with Crippen molar-refractivity contribution < 1.29 is 13.2 Å². The maximum Gasteiger partial charge on any atom is 0.200 e. The lowest BCUT2D eigenvalue weighted by Gasteiger charge is -1.97. The minimum absolute atomic E-state index is 0.783. The van der Waals surface area contributed by atoms with Gasteiger partial charge in [0.2, 0.25) is 5.82 Å². The Balaban J connectivity index is 3.46. The smallest absolute Gasteiger partial charge is 0.200 e. The van der Waals surface area contributed by atoms with Gasteiger partial charge < -0.3 is 0 Å². The molecule has 0 spiro atoms. The van der Waals surface area contributed by atoms with Crippen molar-refractivity contribution in [3.8, 4) is 0 Å². The summed E-state index contributed by atoms with van der Waals surface area (Å²) in [6.07, 6.45) is 0. The summed E-state index contributed by atoms with van der Waals surface area (Å²) in [5.74, 6) is -4.78. The van der Waals surface area contributed by atoms with Crippen molar-refractivity contribution in [2.75, 3.05) is 0 Å². The normalized spacial score (nSPS) is 10.3. The van der Waals surface area contributed by atoms with Crippen LogP contribution >= 0.6 is 23.2 Å². The third-order valence-electron chi connectivity index (χ3n) is 0.944. The summed E-state index contributed by atoms with van der Waals surface area (Å²) in [7, 11) is 0. The maximum absolute atomic E-state index is 12.3. The second-order valence-electron chi connectivity index (χ2n) is 1.64. The Morgan fingerprint density at radius 1 is 0.818 bits per heavy atom. The van der Waals surface area contributed by atoms with E-state index in [9.17, 15) is 13.2 Å². The van der Waals surface area contributed by atoms with E-state index in [1.165, 1.54) is 0 Å². The van der Waals surface area contributed by atoms with Gasteiger partial charge in [-0.2, -0.15) is 0 Å². The van der Waals surface area contributed by atoms with E-state index < -0.39 is 27.8 Å². The molecule has 0 aromatic carbocycles. The van der Waals surface area contributed by atoms with Gasteiger partial charge in [-0.15, -0.1) is 0 Å². The van der Waals surface area contributed by atoms with E-state index >= 15 is 0 Å². The summed E-state index contributed by atoms with van der Waals surface area (Å²) in [6.45, 7) is 0. The number of hydrogen-bond acceptors (Lipinski definition) is 1. The van der Waals surface area contributed by atoms with Gasteiger partial charge in [-0.25, -0.2) is 18.2 Å². The van der Waals surface area contributed by atoms with E-state index in [1.807, 2.05) is 0 Å². The predicted molar refractivity (Wildman–Crippen MR) is 34.1 cm³/mol. The number of nitrogens with zero attached hydrogens (tertiary/aromatic N) is 1. The summed E-state index contributed by atoms with van der Waals surface area (Å²) in [6, 6.07) is 0. The number of aromatic nitrogens is 1. The van der Waals surface area contributed by atoms with Crippen molar-refractivity contribution in [2.24, 2.45) is 0 Å². The van der Waals surface area contributed by atoms with Crippen LogP contribution in [0.4, 0.5) is 13.2 Å². The predicted octanol–water partition coefficient (Wildman–Crippen LogP) is 2.81.